The first-order chi connectivity index (χ1) is 17.5. The summed E-state index contributed by atoms with van der Waals surface area (Å²) in [5, 5.41) is 16.2. The number of hydrogen-bond acceptors (Lipinski definition) is 7. The zero-order valence-electron chi connectivity index (χ0n) is 21.4. The first-order valence-corrected chi connectivity index (χ1v) is 12.7. The average Bonchev–Trinajstić information content (AvgIpc) is 3.40. The third kappa shape index (κ3) is 3.07. The Morgan fingerprint density at radius 2 is 1.84 bits per heavy atom. The molecule has 8 heteroatoms. The predicted octanol–water partition coefficient (Wildman–Crippen LogP) is 4.29. The van der Waals surface area contributed by atoms with Gasteiger partial charge in [-0.3, -0.25) is 9.59 Å². The number of hydrogen-bond donors (Lipinski definition) is 1. The molecule has 1 saturated heterocycles. The molecule has 4 atom stereocenters. The Morgan fingerprint density at radius 1 is 1.11 bits per heavy atom. The number of benzene rings is 2. The minimum Gasteiger partial charge on any atom is -0.508 e. The van der Waals surface area contributed by atoms with E-state index in [2.05, 4.69) is 5.10 Å². The smallest absolute Gasteiger partial charge is 0.356 e. The molecular weight excluding hydrogens is 472 g/mol. The molecule has 1 N–H and O–H groups in total. The summed E-state index contributed by atoms with van der Waals surface area (Å²) in [6.45, 7) is 7.14. The molecular formula is C29H30N2O6. The van der Waals surface area contributed by atoms with Gasteiger partial charge in [0.25, 0.3) is 0 Å². The summed E-state index contributed by atoms with van der Waals surface area (Å²) < 4.78 is 11.4. The van der Waals surface area contributed by atoms with Gasteiger partial charge in [0.15, 0.2) is 0 Å². The second-order valence-corrected chi connectivity index (χ2v) is 11.4. The van der Waals surface area contributed by atoms with E-state index in [0.717, 1.165) is 35.2 Å². The Balaban J connectivity index is 1.26. The Labute approximate surface area is 215 Å². The lowest BCUT2D eigenvalue weighted by Crippen LogP contribution is -2.50. The van der Waals surface area contributed by atoms with Crippen LogP contribution in [0.2, 0.25) is 0 Å². The molecule has 2 aliphatic heterocycles. The first kappa shape index (κ1) is 23.7. The Hall–Kier alpha value is -3.68. The fraction of sp³-hybridized carbons (Fsp3) is 0.448. The molecule has 2 aromatic carbocycles. The van der Waals surface area contributed by atoms with Gasteiger partial charge in [0.05, 0.1) is 17.2 Å². The maximum absolute atomic E-state index is 13.3. The van der Waals surface area contributed by atoms with Crippen LogP contribution in [0.4, 0.5) is 0 Å². The third-order valence-electron chi connectivity index (χ3n) is 9.47. The van der Waals surface area contributed by atoms with Crippen LogP contribution < -0.4 is 4.74 Å². The maximum atomic E-state index is 13.3. The van der Waals surface area contributed by atoms with Crippen LogP contribution in [0, 0.1) is 16.7 Å². The number of hydrazone groups is 1. The monoisotopic (exact) mass is 502 g/mol. The Bertz CT molecular complexity index is 1380. The number of aromatic hydroxyl groups is 1. The summed E-state index contributed by atoms with van der Waals surface area (Å²) in [7, 11) is 0. The molecule has 0 radical (unpaired) electrons. The van der Waals surface area contributed by atoms with Gasteiger partial charge in [-0.2, -0.15) is 5.10 Å². The molecule has 8 nitrogen and oxygen atoms in total. The van der Waals surface area contributed by atoms with Crippen molar-refractivity contribution in [2.75, 3.05) is 0 Å². The van der Waals surface area contributed by atoms with E-state index >= 15 is 0 Å². The van der Waals surface area contributed by atoms with E-state index < -0.39 is 22.4 Å². The van der Waals surface area contributed by atoms with E-state index in [4.69, 9.17) is 9.47 Å². The van der Waals surface area contributed by atoms with Gasteiger partial charge in [-0.1, -0.05) is 32.0 Å². The van der Waals surface area contributed by atoms with Crippen molar-refractivity contribution in [2.45, 2.75) is 65.0 Å². The van der Waals surface area contributed by atoms with E-state index in [1.807, 2.05) is 39.0 Å². The zero-order chi connectivity index (χ0) is 26.3. The lowest BCUT2D eigenvalue weighted by molar-refractivity contribution is -0.176. The highest BCUT2D eigenvalue weighted by atomic mass is 16.6. The van der Waals surface area contributed by atoms with Crippen molar-refractivity contribution in [1.29, 1.82) is 0 Å². The summed E-state index contributed by atoms with van der Waals surface area (Å²) in [6, 6.07) is 12.1. The minimum atomic E-state index is -1.29. The highest BCUT2D eigenvalue weighted by Gasteiger charge is 2.76. The van der Waals surface area contributed by atoms with Crippen LogP contribution in [-0.2, 0) is 25.5 Å². The molecule has 2 aromatic rings. The van der Waals surface area contributed by atoms with Crippen molar-refractivity contribution in [3.63, 3.8) is 0 Å². The van der Waals surface area contributed by atoms with Crippen molar-refractivity contribution in [3.05, 3.63) is 59.2 Å². The SMILES string of the molecule is CC(=O)N1N=C2c3cc(O)ccc3CC[C@@H]2[C@@H]1c1ccc(OC(=O)C23CCC(C)(C(=O)O2)C3(C)C)cc1. The van der Waals surface area contributed by atoms with Crippen LogP contribution in [0.3, 0.4) is 0 Å². The number of ether oxygens (including phenoxy) is 2. The molecule has 6 rings (SSSR count). The molecule has 2 aliphatic carbocycles. The van der Waals surface area contributed by atoms with Gasteiger partial charge in [0.2, 0.25) is 11.5 Å². The number of rotatable bonds is 3. The van der Waals surface area contributed by atoms with Crippen molar-refractivity contribution >= 4 is 23.6 Å². The lowest BCUT2D eigenvalue weighted by atomic mass is 9.66. The first-order valence-electron chi connectivity index (χ1n) is 12.7. The van der Waals surface area contributed by atoms with Crippen molar-refractivity contribution in [3.8, 4) is 11.5 Å². The Kier molecular flexibility index (Phi) is 4.91. The number of carbonyl (C=O) groups excluding carboxylic acids is 3. The van der Waals surface area contributed by atoms with E-state index in [1.54, 1.807) is 24.3 Å². The van der Waals surface area contributed by atoms with Gasteiger partial charge in [0.1, 0.15) is 11.5 Å². The second-order valence-electron chi connectivity index (χ2n) is 11.4. The van der Waals surface area contributed by atoms with Gasteiger partial charge < -0.3 is 14.6 Å². The topological polar surface area (TPSA) is 106 Å². The number of amides is 1. The van der Waals surface area contributed by atoms with Gasteiger partial charge in [-0.05, 0) is 68.0 Å². The summed E-state index contributed by atoms with van der Waals surface area (Å²) >= 11 is 0. The lowest BCUT2D eigenvalue weighted by Gasteiger charge is -2.34. The minimum absolute atomic E-state index is 0.0136. The normalized spacial score (nSPS) is 30.9. The summed E-state index contributed by atoms with van der Waals surface area (Å²) in [5.41, 5.74) is 0.992. The van der Waals surface area contributed by atoms with E-state index in [0.29, 0.717) is 18.6 Å². The number of aryl methyl sites for hydroxylation is 1. The second kappa shape index (κ2) is 7.66. The van der Waals surface area contributed by atoms with Gasteiger partial charge >= 0.3 is 11.9 Å². The van der Waals surface area contributed by atoms with Crippen molar-refractivity contribution in [1.82, 2.24) is 5.01 Å². The molecule has 2 unspecified atom stereocenters. The molecule has 1 saturated carbocycles. The molecule has 0 aromatic heterocycles. The summed E-state index contributed by atoms with van der Waals surface area (Å²) in [5.74, 6) is -0.564. The van der Waals surface area contributed by atoms with E-state index in [-0.39, 0.29) is 29.6 Å². The number of fused-ring (bicyclic) bond motifs is 5. The fourth-order valence-corrected chi connectivity index (χ4v) is 6.72. The van der Waals surface area contributed by atoms with Crippen molar-refractivity contribution in [2.24, 2.45) is 21.8 Å². The van der Waals surface area contributed by atoms with Crippen LogP contribution in [0.15, 0.2) is 47.6 Å². The van der Waals surface area contributed by atoms with Crippen LogP contribution in [0.25, 0.3) is 0 Å². The predicted molar refractivity (Wildman–Crippen MR) is 134 cm³/mol. The number of nitrogens with zero attached hydrogens (tertiary/aromatic N) is 2. The quantitative estimate of drug-likeness (QED) is 0.496. The van der Waals surface area contributed by atoms with E-state index in [9.17, 15) is 19.5 Å². The number of esters is 2. The third-order valence-corrected chi connectivity index (χ3v) is 9.47. The average molecular weight is 503 g/mol. The molecule has 4 aliphatic rings. The molecule has 2 bridgehead atoms. The van der Waals surface area contributed by atoms with Crippen molar-refractivity contribution < 1.29 is 29.0 Å². The van der Waals surface area contributed by atoms with E-state index in [1.165, 1.54) is 11.9 Å². The zero-order valence-corrected chi connectivity index (χ0v) is 21.4. The highest BCUT2D eigenvalue weighted by Crippen LogP contribution is 2.65. The summed E-state index contributed by atoms with van der Waals surface area (Å²) in [4.78, 5) is 38.4. The van der Waals surface area contributed by atoms with Crippen LogP contribution in [0.1, 0.15) is 69.7 Å². The summed E-state index contributed by atoms with van der Waals surface area (Å²) in [6.07, 6.45) is 2.67. The maximum Gasteiger partial charge on any atom is 0.356 e. The molecule has 37 heavy (non-hydrogen) atoms. The van der Waals surface area contributed by atoms with Crippen LogP contribution in [-0.4, -0.2) is 39.3 Å². The molecule has 1 amide bonds. The van der Waals surface area contributed by atoms with Crippen LogP contribution in [0.5, 0.6) is 11.5 Å². The van der Waals surface area contributed by atoms with Gasteiger partial charge in [0, 0.05) is 23.8 Å². The number of phenols is 1. The van der Waals surface area contributed by atoms with Crippen LogP contribution >= 0.6 is 0 Å². The van der Waals surface area contributed by atoms with Gasteiger partial charge in [-0.15, -0.1) is 0 Å². The Morgan fingerprint density at radius 3 is 2.46 bits per heavy atom. The molecule has 0 spiro atoms. The fourth-order valence-electron chi connectivity index (χ4n) is 6.72. The highest BCUT2D eigenvalue weighted by molar-refractivity contribution is 6.07. The molecule has 2 heterocycles. The van der Waals surface area contributed by atoms with Gasteiger partial charge in [-0.25, -0.2) is 9.80 Å². The largest absolute Gasteiger partial charge is 0.508 e. The molecule has 2 fully saturated rings. The number of carbonyl (C=O) groups is 3. The standard InChI is InChI=1S/C29H30N2O6/c1-16(32)31-24(21-12-8-17-5-9-19(33)15-22(17)23(21)30-31)18-6-10-20(11-7-18)36-26(35)29-14-13-28(4,25(34)37-29)27(29,2)3/h5-7,9-11,15,21,24,33H,8,12-14H2,1-4H3/t21-,24-,28?,29?/m0/s1. The molecule has 192 valence electrons. The number of phenolic OH excluding ortho intramolecular Hbond substituents is 1.